The molecule has 0 saturated carbocycles. The van der Waals surface area contributed by atoms with Crippen molar-refractivity contribution in [1.29, 1.82) is 0 Å². The molecule has 8 heteroatoms. The summed E-state index contributed by atoms with van der Waals surface area (Å²) >= 11 is 0. The molecule has 1 aliphatic carbocycles. The van der Waals surface area contributed by atoms with Gasteiger partial charge in [-0.15, -0.1) is 0 Å². The number of benzene rings is 3. The van der Waals surface area contributed by atoms with Gasteiger partial charge in [0.15, 0.2) is 0 Å². The van der Waals surface area contributed by atoms with Crippen LogP contribution in [0.2, 0.25) is 0 Å². The second-order valence-electron chi connectivity index (χ2n) is 8.84. The van der Waals surface area contributed by atoms with Crippen molar-refractivity contribution in [2.45, 2.75) is 37.8 Å². The van der Waals surface area contributed by atoms with Crippen LogP contribution in [0.25, 0.3) is 11.1 Å². The average Bonchev–Trinajstić information content (AvgIpc) is 3.24. The molecule has 3 N–H and O–H groups in total. The zero-order chi connectivity index (χ0) is 26.0. The largest absolute Gasteiger partial charge is 0.480 e. The Balaban J connectivity index is 1.18. The van der Waals surface area contributed by atoms with Crippen LogP contribution in [0, 0.1) is 0 Å². The van der Waals surface area contributed by atoms with Crippen LogP contribution < -0.4 is 10.6 Å². The summed E-state index contributed by atoms with van der Waals surface area (Å²) in [6.45, 7) is 0.629. The quantitative estimate of drug-likeness (QED) is 0.315. The van der Waals surface area contributed by atoms with E-state index in [1.54, 1.807) is 0 Å². The summed E-state index contributed by atoms with van der Waals surface area (Å²) in [5.74, 6) is -1.24. The molecular formula is C29H30N2O6. The number of alkyl carbamates (subject to hydrolysis) is 2. The molecule has 0 bridgehead atoms. The second kappa shape index (κ2) is 12.6. The molecule has 0 aromatic heterocycles. The van der Waals surface area contributed by atoms with Gasteiger partial charge in [0.25, 0.3) is 0 Å². The van der Waals surface area contributed by atoms with E-state index in [1.165, 1.54) is 0 Å². The monoisotopic (exact) mass is 502 g/mol. The van der Waals surface area contributed by atoms with Crippen LogP contribution in [0.5, 0.6) is 0 Å². The van der Waals surface area contributed by atoms with Gasteiger partial charge in [-0.25, -0.2) is 14.4 Å². The van der Waals surface area contributed by atoms with Gasteiger partial charge < -0.3 is 25.2 Å². The maximum Gasteiger partial charge on any atom is 0.407 e. The highest BCUT2D eigenvalue weighted by Gasteiger charge is 2.29. The molecular weight excluding hydrogens is 472 g/mol. The molecule has 0 unspecified atom stereocenters. The van der Waals surface area contributed by atoms with Crippen LogP contribution in [0.15, 0.2) is 78.9 Å². The molecule has 0 aliphatic heterocycles. The van der Waals surface area contributed by atoms with Gasteiger partial charge in [-0.1, -0.05) is 78.9 Å². The summed E-state index contributed by atoms with van der Waals surface area (Å²) in [7, 11) is 0. The molecule has 1 aliphatic rings. The Morgan fingerprint density at radius 2 is 1.41 bits per heavy atom. The van der Waals surface area contributed by atoms with E-state index in [4.69, 9.17) is 9.47 Å². The molecule has 37 heavy (non-hydrogen) atoms. The molecule has 0 radical (unpaired) electrons. The second-order valence-corrected chi connectivity index (χ2v) is 8.84. The van der Waals surface area contributed by atoms with Gasteiger partial charge in [0, 0.05) is 12.5 Å². The van der Waals surface area contributed by atoms with Gasteiger partial charge in [0.05, 0.1) is 0 Å². The normalized spacial score (nSPS) is 12.6. The number of ether oxygens (including phenoxy) is 2. The number of aliphatic carboxylic acids is 1. The number of nitrogens with one attached hydrogen (secondary N) is 2. The fourth-order valence-electron chi connectivity index (χ4n) is 4.48. The summed E-state index contributed by atoms with van der Waals surface area (Å²) in [6, 6.07) is 24.3. The standard InChI is InChI=1S/C29H30N2O6/c32-27(33)26(16-8-9-17-30-28(34)36-18-20-10-2-1-3-11-20)31-29(35)37-19-25-23-14-6-4-12-21(23)22-13-5-7-15-24(22)25/h1-7,10-15,25-26H,8-9,16-19H2,(H,30,34)(H,31,35)(H,32,33)/t26-/m1/s1. The van der Waals surface area contributed by atoms with Crippen LogP contribution >= 0.6 is 0 Å². The van der Waals surface area contributed by atoms with Crippen molar-refractivity contribution in [3.63, 3.8) is 0 Å². The van der Waals surface area contributed by atoms with Crippen LogP contribution in [0.4, 0.5) is 9.59 Å². The van der Waals surface area contributed by atoms with Gasteiger partial charge in [0.1, 0.15) is 19.3 Å². The molecule has 192 valence electrons. The fraction of sp³-hybridized carbons (Fsp3) is 0.276. The van der Waals surface area contributed by atoms with E-state index in [-0.39, 0.29) is 25.6 Å². The average molecular weight is 503 g/mol. The summed E-state index contributed by atoms with van der Waals surface area (Å²) in [6.07, 6.45) is -0.0662. The number of amides is 2. The lowest BCUT2D eigenvalue weighted by Crippen LogP contribution is -2.41. The summed E-state index contributed by atoms with van der Waals surface area (Å²) in [5, 5.41) is 14.6. The van der Waals surface area contributed by atoms with Crippen LogP contribution in [0.3, 0.4) is 0 Å². The lowest BCUT2D eigenvalue weighted by atomic mass is 9.98. The third kappa shape index (κ3) is 6.88. The Bertz CT molecular complexity index is 1180. The van der Waals surface area contributed by atoms with E-state index in [2.05, 4.69) is 10.6 Å². The number of carboxylic acid groups (broad SMARTS) is 1. The molecule has 0 saturated heterocycles. The van der Waals surface area contributed by atoms with E-state index in [9.17, 15) is 19.5 Å². The SMILES string of the molecule is O=C(NCCCC[C@@H](NC(=O)OCC1c2ccccc2-c2ccccc21)C(=O)O)OCc1ccccc1. The molecule has 0 spiro atoms. The van der Waals surface area contributed by atoms with Gasteiger partial charge in [-0.2, -0.15) is 0 Å². The highest BCUT2D eigenvalue weighted by atomic mass is 16.6. The van der Waals surface area contributed by atoms with Crippen molar-refractivity contribution in [1.82, 2.24) is 10.6 Å². The minimum atomic E-state index is -1.14. The smallest absolute Gasteiger partial charge is 0.407 e. The summed E-state index contributed by atoms with van der Waals surface area (Å²) < 4.78 is 10.6. The van der Waals surface area contributed by atoms with Crippen LogP contribution in [-0.4, -0.2) is 42.5 Å². The van der Waals surface area contributed by atoms with E-state index < -0.39 is 24.2 Å². The number of rotatable bonds is 11. The van der Waals surface area contributed by atoms with E-state index in [0.29, 0.717) is 19.4 Å². The van der Waals surface area contributed by atoms with Crippen molar-refractivity contribution in [2.24, 2.45) is 0 Å². The number of carboxylic acids is 1. The maximum atomic E-state index is 12.4. The van der Waals surface area contributed by atoms with Crippen LogP contribution in [-0.2, 0) is 20.9 Å². The molecule has 0 heterocycles. The summed E-state index contributed by atoms with van der Waals surface area (Å²) in [5.41, 5.74) is 5.30. The number of unbranched alkanes of at least 4 members (excludes halogenated alkanes) is 1. The molecule has 1 atom stereocenters. The number of fused-ring (bicyclic) bond motifs is 3. The first-order chi connectivity index (χ1) is 18.0. The lowest BCUT2D eigenvalue weighted by molar-refractivity contribution is -0.139. The predicted octanol–water partition coefficient (Wildman–Crippen LogP) is 5.08. The van der Waals surface area contributed by atoms with E-state index in [0.717, 1.165) is 27.8 Å². The molecule has 2 amide bonds. The minimum absolute atomic E-state index is 0.103. The number of hydrogen-bond donors (Lipinski definition) is 3. The van der Waals surface area contributed by atoms with Gasteiger partial charge in [0.2, 0.25) is 0 Å². The van der Waals surface area contributed by atoms with Crippen molar-refractivity contribution in [3.05, 3.63) is 95.6 Å². The zero-order valence-electron chi connectivity index (χ0n) is 20.4. The molecule has 8 nitrogen and oxygen atoms in total. The van der Waals surface area contributed by atoms with Crippen molar-refractivity contribution in [3.8, 4) is 11.1 Å². The fourth-order valence-corrected chi connectivity index (χ4v) is 4.48. The first kappa shape index (κ1) is 25.8. The van der Waals surface area contributed by atoms with Gasteiger partial charge in [-0.3, -0.25) is 0 Å². The first-order valence-corrected chi connectivity index (χ1v) is 12.3. The van der Waals surface area contributed by atoms with Crippen molar-refractivity contribution in [2.75, 3.05) is 13.2 Å². The van der Waals surface area contributed by atoms with Gasteiger partial charge >= 0.3 is 18.2 Å². The van der Waals surface area contributed by atoms with Crippen molar-refractivity contribution < 1.29 is 29.0 Å². The highest BCUT2D eigenvalue weighted by molar-refractivity contribution is 5.81. The Kier molecular flexibility index (Phi) is 8.75. The number of carbonyl (C=O) groups is 3. The first-order valence-electron chi connectivity index (χ1n) is 12.3. The lowest BCUT2D eigenvalue weighted by Gasteiger charge is -2.17. The Labute approximate surface area is 215 Å². The van der Waals surface area contributed by atoms with Crippen molar-refractivity contribution >= 4 is 18.2 Å². The number of carbonyl (C=O) groups excluding carboxylic acids is 2. The Hall–Kier alpha value is -4.33. The Morgan fingerprint density at radius 3 is 2.05 bits per heavy atom. The van der Waals surface area contributed by atoms with Crippen LogP contribution in [0.1, 0.15) is 41.9 Å². The minimum Gasteiger partial charge on any atom is -0.480 e. The Morgan fingerprint density at radius 1 is 0.784 bits per heavy atom. The molecule has 3 aromatic carbocycles. The third-order valence-corrected chi connectivity index (χ3v) is 6.34. The molecule has 0 fully saturated rings. The molecule has 4 rings (SSSR count). The topological polar surface area (TPSA) is 114 Å². The predicted molar refractivity (Wildman–Crippen MR) is 138 cm³/mol. The summed E-state index contributed by atoms with van der Waals surface area (Å²) in [4.78, 5) is 35.9. The van der Waals surface area contributed by atoms with E-state index >= 15 is 0 Å². The third-order valence-electron chi connectivity index (χ3n) is 6.34. The maximum absolute atomic E-state index is 12.4. The molecule has 3 aromatic rings. The zero-order valence-corrected chi connectivity index (χ0v) is 20.4. The highest BCUT2D eigenvalue weighted by Crippen LogP contribution is 2.44. The number of hydrogen-bond acceptors (Lipinski definition) is 5. The van der Waals surface area contributed by atoms with E-state index in [1.807, 2.05) is 78.9 Å². The van der Waals surface area contributed by atoms with Gasteiger partial charge in [-0.05, 0) is 47.1 Å².